The molecule has 0 bridgehead atoms. The Kier molecular flexibility index (Phi) is 18.4. The molecule has 2 aliphatic heterocycles. The third-order valence-corrected chi connectivity index (χ3v) is 7.18. The van der Waals surface area contributed by atoms with Crippen molar-refractivity contribution >= 4 is 21.1 Å². The van der Waals surface area contributed by atoms with Gasteiger partial charge in [-0.2, -0.15) is 0 Å². The van der Waals surface area contributed by atoms with E-state index in [1.807, 2.05) is 32.6 Å². The Morgan fingerprint density at radius 2 is 1.68 bits per heavy atom. The molecule has 3 fully saturated rings. The van der Waals surface area contributed by atoms with Gasteiger partial charge < -0.3 is 24.5 Å². The molecule has 1 saturated carbocycles. The fourth-order valence-electron chi connectivity index (χ4n) is 5.56. The number of nitrogens with zero attached hydrogens (tertiary/aromatic N) is 3. The molecule has 3 aliphatic rings. The van der Waals surface area contributed by atoms with Crippen molar-refractivity contribution in [3.63, 3.8) is 0 Å². The van der Waals surface area contributed by atoms with Crippen molar-refractivity contribution in [3.05, 3.63) is 36.6 Å². The van der Waals surface area contributed by atoms with Gasteiger partial charge in [-0.3, -0.25) is 9.59 Å². The highest BCUT2D eigenvalue weighted by Crippen LogP contribution is 2.35. The van der Waals surface area contributed by atoms with E-state index in [0.717, 1.165) is 39.2 Å². The highest BCUT2D eigenvalue weighted by molar-refractivity contribution is 7.16. The van der Waals surface area contributed by atoms with Gasteiger partial charge in [0.25, 0.3) is 5.91 Å². The number of rotatable bonds is 5. The maximum absolute atomic E-state index is 13.7. The second kappa shape index (κ2) is 20.5. The Balaban J connectivity index is 0.000000847. The normalized spacial score (nSPS) is 21.7. The largest absolute Gasteiger partial charge is 0.451 e. The average Bonchev–Trinajstić information content (AvgIpc) is 3.79. The first-order valence-corrected chi connectivity index (χ1v) is 16.1. The van der Waals surface area contributed by atoms with Gasteiger partial charge in [-0.1, -0.05) is 60.8 Å². The number of likely N-dealkylation sites (tertiary alicyclic amines) is 1. The number of furan rings is 1. The maximum Gasteiger partial charge on any atom is 0.287 e. The lowest BCUT2D eigenvalue weighted by Gasteiger charge is -2.34. The number of carbonyl (C=O) groups excluding carboxylic acids is 2. The van der Waals surface area contributed by atoms with Crippen molar-refractivity contribution in [3.8, 4) is 11.3 Å². The first-order chi connectivity index (χ1) is 20.0. The predicted octanol–water partition coefficient (Wildman–Crippen LogP) is 5.59. The SMILES string of the molecule is CC.CC.CC1CN(C(=O)C(NC(=O)c2ccc(-c3cncnc3)o2)C2CCCCC2)[C@@H]2CCO[C@H]12.CCP.CO. The standard InChI is InChI=1S/C24H30N4O4.C2H7P.2C2H6.CH4O/c1-15-13-28(18-9-10-31-22(15)18)24(30)21(16-5-3-2-4-6-16)27-23(29)20-8-7-19(32-20)17-11-25-14-26-12-17;1-2-3;3*1-2/h7-8,11-12,14-16,18,21-22H,2-6,9-10,13H2,1H3,(H,27,29);2-3H2,1H3;2*1-2H3;2H,1H3/t15?,18-,21?,22-;;;;/m1..../s1. The van der Waals surface area contributed by atoms with Crippen LogP contribution in [-0.4, -0.2) is 76.4 Å². The zero-order valence-electron chi connectivity index (χ0n) is 26.1. The van der Waals surface area contributed by atoms with E-state index in [1.165, 1.54) is 18.9 Å². The zero-order chi connectivity index (χ0) is 30.8. The Morgan fingerprint density at radius 1 is 1.07 bits per heavy atom. The number of aliphatic hydroxyl groups excluding tert-OH is 1. The summed E-state index contributed by atoms with van der Waals surface area (Å²) in [6.45, 7) is 13.6. The smallest absolute Gasteiger partial charge is 0.287 e. The van der Waals surface area contributed by atoms with Crippen LogP contribution in [0.4, 0.5) is 0 Å². The van der Waals surface area contributed by atoms with E-state index in [-0.39, 0.29) is 35.6 Å². The third kappa shape index (κ3) is 10.2. The fourth-order valence-corrected chi connectivity index (χ4v) is 5.56. The summed E-state index contributed by atoms with van der Waals surface area (Å²) < 4.78 is 11.7. The Bertz CT molecular complexity index is 984. The van der Waals surface area contributed by atoms with Crippen LogP contribution in [0, 0.1) is 11.8 Å². The van der Waals surface area contributed by atoms with Gasteiger partial charge in [0.15, 0.2) is 5.76 Å². The molecule has 41 heavy (non-hydrogen) atoms. The molecule has 2 saturated heterocycles. The molecule has 4 heterocycles. The monoisotopic (exact) mass is 592 g/mol. The van der Waals surface area contributed by atoms with Crippen molar-refractivity contribution in [2.24, 2.45) is 11.8 Å². The van der Waals surface area contributed by atoms with E-state index in [2.05, 4.69) is 38.4 Å². The molecule has 0 aromatic carbocycles. The molecule has 2 aromatic heterocycles. The van der Waals surface area contributed by atoms with Crippen LogP contribution < -0.4 is 5.32 Å². The highest BCUT2D eigenvalue weighted by Gasteiger charge is 2.48. The van der Waals surface area contributed by atoms with Crippen molar-refractivity contribution in [2.45, 2.75) is 98.3 Å². The van der Waals surface area contributed by atoms with Gasteiger partial charge >= 0.3 is 0 Å². The van der Waals surface area contributed by atoms with Gasteiger partial charge in [0.05, 0.1) is 17.7 Å². The Hall–Kier alpha value is -2.35. The second-order valence-corrected chi connectivity index (χ2v) is 10.5. The molecule has 5 atom stereocenters. The number of carbonyl (C=O) groups is 2. The molecule has 10 heteroatoms. The first kappa shape index (κ1) is 36.7. The van der Waals surface area contributed by atoms with Crippen molar-refractivity contribution in [2.75, 3.05) is 26.4 Å². The molecule has 2 N–H and O–H groups in total. The number of ether oxygens (including phenoxy) is 1. The molecule has 5 rings (SSSR count). The van der Waals surface area contributed by atoms with E-state index in [4.69, 9.17) is 14.3 Å². The fraction of sp³-hybridized carbons (Fsp3) is 0.677. The molecule has 232 valence electrons. The van der Waals surface area contributed by atoms with Gasteiger partial charge in [-0.25, -0.2) is 9.97 Å². The molecule has 2 amide bonds. The first-order valence-electron chi connectivity index (χ1n) is 15.3. The van der Waals surface area contributed by atoms with Crippen LogP contribution in [0.1, 0.15) is 90.6 Å². The Morgan fingerprint density at radius 3 is 2.29 bits per heavy atom. The zero-order valence-corrected chi connectivity index (χ0v) is 27.3. The third-order valence-electron chi connectivity index (χ3n) is 7.18. The van der Waals surface area contributed by atoms with Gasteiger partial charge in [-0.15, -0.1) is 9.24 Å². The molecule has 2 aromatic rings. The summed E-state index contributed by atoms with van der Waals surface area (Å²) in [4.78, 5) is 36.8. The quantitative estimate of drug-likeness (QED) is 0.435. The number of fused-ring (bicyclic) bond motifs is 1. The highest BCUT2D eigenvalue weighted by atomic mass is 31.0. The summed E-state index contributed by atoms with van der Waals surface area (Å²) in [5, 5.41) is 10.0. The number of nitrogens with one attached hydrogen (secondary N) is 1. The van der Waals surface area contributed by atoms with Crippen LogP contribution in [0.25, 0.3) is 11.3 Å². The van der Waals surface area contributed by atoms with Gasteiger partial charge in [-0.05, 0) is 43.5 Å². The van der Waals surface area contributed by atoms with Crippen LogP contribution in [0.3, 0.4) is 0 Å². The van der Waals surface area contributed by atoms with Crippen LogP contribution in [-0.2, 0) is 9.53 Å². The number of aliphatic hydroxyl groups is 1. The number of amides is 2. The lowest BCUT2D eigenvalue weighted by molar-refractivity contribution is -0.136. The van der Waals surface area contributed by atoms with E-state index in [0.29, 0.717) is 30.4 Å². The lowest BCUT2D eigenvalue weighted by atomic mass is 9.83. The molecule has 0 spiro atoms. The predicted molar refractivity (Wildman–Crippen MR) is 168 cm³/mol. The number of hydrogen-bond acceptors (Lipinski definition) is 7. The topological polar surface area (TPSA) is 118 Å². The minimum Gasteiger partial charge on any atom is -0.451 e. The van der Waals surface area contributed by atoms with Gasteiger partial charge in [0.2, 0.25) is 5.91 Å². The molecule has 1 aliphatic carbocycles. The molecular formula is C31H53N4O5P. The summed E-state index contributed by atoms with van der Waals surface area (Å²) in [5.41, 5.74) is 0.699. The molecule has 9 nitrogen and oxygen atoms in total. The maximum atomic E-state index is 13.7. The van der Waals surface area contributed by atoms with Crippen molar-refractivity contribution in [1.29, 1.82) is 0 Å². The number of hydrogen-bond donors (Lipinski definition) is 2. The summed E-state index contributed by atoms with van der Waals surface area (Å²) in [6, 6.07) is 2.95. The minimum absolute atomic E-state index is 0.0262. The summed E-state index contributed by atoms with van der Waals surface area (Å²) in [7, 11) is 3.58. The lowest BCUT2D eigenvalue weighted by Crippen LogP contribution is -2.54. The van der Waals surface area contributed by atoms with Gasteiger partial charge in [0.1, 0.15) is 18.1 Å². The van der Waals surface area contributed by atoms with E-state index in [9.17, 15) is 9.59 Å². The van der Waals surface area contributed by atoms with Crippen LogP contribution in [0.5, 0.6) is 0 Å². The summed E-state index contributed by atoms with van der Waals surface area (Å²) >= 11 is 0. The van der Waals surface area contributed by atoms with E-state index < -0.39 is 6.04 Å². The van der Waals surface area contributed by atoms with Crippen LogP contribution in [0.2, 0.25) is 0 Å². The van der Waals surface area contributed by atoms with Crippen molar-refractivity contribution < 1.29 is 23.8 Å². The average molecular weight is 593 g/mol. The van der Waals surface area contributed by atoms with E-state index in [1.54, 1.807) is 24.5 Å². The van der Waals surface area contributed by atoms with Gasteiger partial charge in [0, 0.05) is 38.6 Å². The van der Waals surface area contributed by atoms with Crippen molar-refractivity contribution in [1.82, 2.24) is 20.2 Å². The second-order valence-electron chi connectivity index (χ2n) is 9.71. The molecular weight excluding hydrogens is 539 g/mol. The minimum atomic E-state index is -0.539. The van der Waals surface area contributed by atoms with Crippen LogP contribution in [0.15, 0.2) is 35.3 Å². The summed E-state index contributed by atoms with van der Waals surface area (Å²) in [6.07, 6.45) is 12.1. The molecule has 0 radical (unpaired) electrons. The molecule has 3 unspecified atom stereocenters. The summed E-state index contributed by atoms with van der Waals surface area (Å²) in [5.74, 6) is 0.843. The van der Waals surface area contributed by atoms with E-state index >= 15 is 0 Å². The Labute approximate surface area is 249 Å². The number of aromatic nitrogens is 2. The van der Waals surface area contributed by atoms with Crippen LogP contribution >= 0.6 is 9.24 Å².